The first-order valence-corrected chi connectivity index (χ1v) is 22.4. The fourth-order valence-corrected chi connectivity index (χ4v) is 10.1. The molecule has 322 valence electrons. The van der Waals surface area contributed by atoms with E-state index in [1.165, 1.54) is 12.1 Å². The van der Waals surface area contributed by atoms with Gasteiger partial charge in [-0.1, -0.05) is 170 Å². The molecule has 0 N–H and O–H groups in total. The van der Waals surface area contributed by atoms with Crippen molar-refractivity contribution in [2.75, 3.05) is 0 Å². The molecule has 2 nitrogen and oxygen atoms in total. The Balaban J connectivity index is 1.27. The van der Waals surface area contributed by atoms with Crippen molar-refractivity contribution in [1.82, 2.24) is 9.13 Å². The van der Waals surface area contributed by atoms with E-state index in [-0.39, 0.29) is 11.4 Å². The topological polar surface area (TPSA) is 9.86 Å². The molecule has 0 radical (unpaired) electrons. The summed E-state index contributed by atoms with van der Waals surface area (Å²) in [6.07, 6.45) is 12.8. The van der Waals surface area contributed by atoms with Gasteiger partial charge in [0.25, 0.3) is 0 Å². The van der Waals surface area contributed by atoms with Crippen LogP contribution in [0.4, 0.5) is 17.6 Å². The molecule has 2 aliphatic rings. The molecule has 0 aliphatic heterocycles. The number of alkyl halides is 3. The van der Waals surface area contributed by atoms with E-state index < -0.39 is 17.6 Å². The largest absolute Gasteiger partial charge is 0.420 e. The summed E-state index contributed by atoms with van der Waals surface area (Å²) in [5.74, 6) is -0.485. The Morgan fingerprint density at radius 1 is 0.373 bits per heavy atom. The highest BCUT2D eigenvalue weighted by molar-refractivity contribution is 6.12. The molecule has 2 heterocycles. The standard InChI is InChI=1S/C61H40F4N2/c62-49-23-13-22-43(32-49)48-37-58(66-54-33-44(39-14-5-1-6-15-39)24-28-50(54)51-29-25-45(34-55(51)66)40-16-7-2-8-17-40)60(61(63,64)65)59(38-48)67-56-35-46(41-18-9-3-10-19-41)26-30-52(56)53-31-27-47(36-57(53)67)42-20-11-4-12-21-42/h1-18,20,22-38H,19,21H2. The second-order valence-electron chi connectivity index (χ2n) is 17.3. The average molecular weight is 877 g/mol. The molecule has 0 fully saturated rings. The predicted molar refractivity (Wildman–Crippen MR) is 268 cm³/mol. The maximum absolute atomic E-state index is 17.0. The summed E-state index contributed by atoms with van der Waals surface area (Å²) in [5, 5.41) is 5.12. The van der Waals surface area contributed by atoms with E-state index in [0.29, 0.717) is 46.0 Å². The van der Waals surface area contributed by atoms with Gasteiger partial charge in [-0.15, -0.1) is 0 Å². The van der Waals surface area contributed by atoms with Crippen LogP contribution in [0.2, 0.25) is 0 Å². The smallest absolute Gasteiger partial charge is 0.308 e. The summed E-state index contributed by atoms with van der Waals surface area (Å²) in [5.41, 5.74) is 8.22. The molecule has 0 saturated heterocycles. The lowest BCUT2D eigenvalue weighted by Crippen LogP contribution is -2.17. The monoisotopic (exact) mass is 876 g/mol. The van der Waals surface area contributed by atoms with Crippen LogP contribution in [0.1, 0.15) is 18.4 Å². The van der Waals surface area contributed by atoms with Gasteiger partial charge < -0.3 is 9.13 Å². The van der Waals surface area contributed by atoms with Gasteiger partial charge in [-0.25, -0.2) is 4.39 Å². The van der Waals surface area contributed by atoms with E-state index in [0.717, 1.165) is 65.4 Å². The normalized spacial score (nSPS) is 15.5. The molecular formula is C61H40F4N2. The van der Waals surface area contributed by atoms with E-state index in [1.807, 2.05) is 146 Å². The Morgan fingerprint density at radius 3 is 1.24 bits per heavy atom. The highest BCUT2D eigenvalue weighted by atomic mass is 19.4. The predicted octanol–water partition coefficient (Wildman–Crippen LogP) is 15.4. The third kappa shape index (κ3) is 7.04. The van der Waals surface area contributed by atoms with Gasteiger partial charge in [-0.2, -0.15) is 13.2 Å². The molecule has 2 aliphatic carbocycles. The molecule has 8 aromatic carbocycles. The van der Waals surface area contributed by atoms with Crippen LogP contribution in [0, 0.1) is 5.82 Å². The maximum atomic E-state index is 17.0. The number of hydrogen-bond donors (Lipinski definition) is 0. The van der Waals surface area contributed by atoms with Crippen LogP contribution < -0.4 is 10.4 Å². The Morgan fingerprint density at radius 2 is 0.806 bits per heavy atom. The van der Waals surface area contributed by atoms with Crippen molar-refractivity contribution in [3.63, 3.8) is 0 Å². The summed E-state index contributed by atoms with van der Waals surface area (Å²) < 4.78 is 69.9. The van der Waals surface area contributed by atoms with Crippen LogP contribution in [-0.4, -0.2) is 9.13 Å². The second-order valence-corrected chi connectivity index (χ2v) is 17.3. The number of fused-ring (bicyclic) bond motifs is 6. The zero-order chi connectivity index (χ0) is 45.2. The van der Waals surface area contributed by atoms with Crippen LogP contribution in [-0.2, 0) is 6.18 Å². The third-order valence-electron chi connectivity index (χ3n) is 13.3. The number of benzene rings is 8. The summed E-state index contributed by atoms with van der Waals surface area (Å²) >= 11 is 0. The molecule has 6 heteroatoms. The first kappa shape index (κ1) is 40.3. The van der Waals surface area contributed by atoms with Crippen LogP contribution in [0.15, 0.2) is 218 Å². The minimum Gasteiger partial charge on any atom is -0.308 e. The summed E-state index contributed by atoms with van der Waals surface area (Å²) in [6, 6.07) is 53.4. The highest BCUT2D eigenvalue weighted by Crippen LogP contribution is 2.47. The molecule has 0 bridgehead atoms. The molecule has 67 heavy (non-hydrogen) atoms. The van der Waals surface area contributed by atoms with Crippen molar-refractivity contribution in [2.24, 2.45) is 0 Å². The van der Waals surface area contributed by atoms with Gasteiger partial charge in [0.2, 0.25) is 0 Å². The lowest BCUT2D eigenvalue weighted by atomic mass is 9.98. The molecule has 0 unspecified atom stereocenters. The zero-order valence-corrected chi connectivity index (χ0v) is 36.1. The number of halogens is 4. The average Bonchev–Trinajstić information content (AvgIpc) is 3.87. The van der Waals surface area contributed by atoms with E-state index >= 15 is 17.6 Å². The van der Waals surface area contributed by atoms with Crippen molar-refractivity contribution in [3.05, 3.63) is 240 Å². The SMILES string of the molecule is Fc1cccc(-c2cc(-n3c4cc(-c5ccccc5)ccc4c4ccc(-c5ccccc5)cc43)c(C(F)(F)F)c(-n3c4cc(=C5C=CC=CC5)ccc4c4ccc(=C5C=CC=CC5)cc43)c2)c1. The molecule has 10 aromatic rings. The van der Waals surface area contributed by atoms with E-state index in [9.17, 15) is 0 Å². The quantitative estimate of drug-likeness (QED) is 0.153. The van der Waals surface area contributed by atoms with Crippen LogP contribution >= 0.6 is 0 Å². The van der Waals surface area contributed by atoms with Gasteiger partial charge >= 0.3 is 6.18 Å². The van der Waals surface area contributed by atoms with Crippen LogP contribution in [0.25, 0.3) is 99.5 Å². The van der Waals surface area contributed by atoms with Gasteiger partial charge in [-0.3, -0.25) is 0 Å². The summed E-state index contributed by atoms with van der Waals surface area (Å²) in [4.78, 5) is 0. The van der Waals surface area contributed by atoms with E-state index in [2.05, 4.69) is 36.4 Å². The molecule has 12 rings (SSSR count). The first-order valence-electron chi connectivity index (χ1n) is 22.4. The number of hydrogen-bond acceptors (Lipinski definition) is 0. The molecule has 0 saturated carbocycles. The van der Waals surface area contributed by atoms with Gasteiger partial charge in [0.1, 0.15) is 11.4 Å². The summed E-state index contributed by atoms with van der Waals surface area (Å²) in [6.45, 7) is 0. The minimum atomic E-state index is -4.88. The first-order chi connectivity index (χ1) is 32.8. The second kappa shape index (κ2) is 16.0. The fraction of sp³-hybridized carbons (Fsp3) is 0.0492. The molecular weight excluding hydrogens is 837 g/mol. The van der Waals surface area contributed by atoms with Gasteiger partial charge in [0, 0.05) is 21.5 Å². The van der Waals surface area contributed by atoms with Gasteiger partial charge in [0.05, 0.1) is 33.4 Å². The van der Waals surface area contributed by atoms with Crippen molar-refractivity contribution < 1.29 is 17.6 Å². The Hall–Kier alpha value is -8.22. The van der Waals surface area contributed by atoms with Crippen LogP contribution in [0.5, 0.6) is 0 Å². The van der Waals surface area contributed by atoms with Gasteiger partial charge in [0.15, 0.2) is 0 Å². The third-order valence-corrected chi connectivity index (χ3v) is 13.3. The van der Waals surface area contributed by atoms with Crippen molar-refractivity contribution >= 4 is 54.8 Å². The highest BCUT2D eigenvalue weighted by Gasteiger charge is 2.40. The number of rotatable bonds is 5. The lowest BCUT2D eigenvalue weighted by molar-refractivity contribution is -0.137. The van der Waals surface area contributed by atoms with Crippen LogP contribution in [0.3, 0.4) is 0 Å². The van der Waals surface area contributed by atoms with Crippen molar-refractivity contribution in [1.29, 1.82) is 0 Å². The zero-order valence-electron chi connectivity index (χ0n) is 36.1. The number of nitrogens with zero attached hydrogens (tertiary/aromatic N) is 2. The Labute approximate surface area is 384 Å². The maximum Gasteiger partial charge on any atom is 0.420 e. The molecule has 0 amide bonds. The fourth-order valence-electron chi connectivity index (χ4n) is 10.1. The minimum absolute atomic E-state index is 0.0554. The number of allylic oxidation sites excluding steroid dienone is 8. The summed E-state index contributed by atoms with van der Waals surface area (Å²) in [7, 11) is 0. The molecule has 0 atom stereocenters. The van der Waals surface area contributed by atoms with Crippen molar-refractivity contribution in [3.8, 4) is 44.8 Å². The Kier molecular flexibility index (Phi) is 9.65. The van der Waals surface area contributed by atoms with E-state index in [1.54, 1.807) is 33.4 Å². The Bertz CT molecular complexity index is 3700. The van der Waals surface area contributed by atoms with E-state index in [4.69, 9.17) is 0 Å². The number of aromatic nitrogens is 2. The lowest BCUT2D eigenvalue weighted by Gasteiger charge is -2.23. The van der Waals surface area contributed by atoms with Crippen molar-refractivity contribution in [2.45, 2.75) is 19.0 Å². The van der Waals surface area contributed by atoms with Gasteiger partial charge in [-0.05, 0) is 116 Å². The molecule has 0 spiro atoms. The molecule has 2 aromatic heterocycles.